The summed E-state index contributed by atoms with van der Waals surface area (Å²) in [5, 5.41) is 5.09. The summed E-state index contributed by atoms with van der Waals surface area (Å²) < 4.78 is 28.0. The minimum absolute atomic E-state index is 0.238. The number of thiazole rings is 1. The summed E-state index contributed by atoms with van der Waals surface area (Å²) in [6.07, 6.45) is 2.05. The number of fused-ring (bicyclic) bond motifs is 2. The van der Waals surface area contributed by atoms with Crippen molar-refractivity contribution < 1.29 is 13.2 Å². The van der Waals surface area contributed by atoms with Crippen molar-refractivity contribution in [3.8, 4) is 0 Å². The van der Waals surface area contributed by atoms with Crippen LogP contribution in [0.15, 0.2) is 71.8 Å². The van der Waals surface area contributed by atoms with Crippen molar-refractivity contribution in [2.45, 2.75) is 17.9 Å². The van der Waals surface area contributed by atoms with Crippen LogP contribution in [0.5, 0.6) is 0 Å². The van der Waals surface area contributed by atoms with E-state index in [1.54, 1.807) is 36.5 Å². The van der Waals surface area contributed by atoms with Crippen LogP contribution in [0, 0.1) is 0 Å². The average Bonchev–Trinajstić information content (AvgIpc) is 3.20. The van der Waals surface area contributed by atoms with Crippen LogP contribution in [-0.4, -0.2) is 35.1 Å². The van der Waals surface area contributed by atoms with Crippen molar-refractivity contribution in [1.82, 2.24) is 14.3 Å². The van der Waals surface area contributed by atoms with Gasteiger partial charge in [0, 0.05) is 24.0 Å². The maximum Gasteiger partial charge on any atom is 0.276 e. The van der Waals surface area contributed by atoms with Crippen LogP contribution in [0.4, 0.5) is 5.13 Å². The van der Waals surface area contributed by atoms with Gasteiger partial charge in [-0.25, -0.2) is 13.4 Å². The van der Waals surface area contributed by atoms with E-state index in [0.717, 1.165) is 21.3 Å². The molecule has 0 spiro atoms. The van der Waals surface area contributed by atoms with Crippen molar-refractivity contribution in [2.75, 3.05) is 11.9 Å². The molecule has 0 bridgehead atoms. The quantitative estimate of drug-likeness (QED) is 0.512. The molecule has 0 saturated heterocycles. The summed E-state index contributed by atoms with van der Waals surface area (Å²) in [4.78, 5) is 22.0. The summed E-state index contributed by atoms with van der Waals surface area (Å²) in [6, 6.07) is 18.0. The Kier molecular flexibility index (Phi) is 5.01. The maximum absolute atomic E-state index is 13.2. The predicted molar refractivity (Wildman–Crippen MR) is 120 cm³/mol. The average molecular weight is 451 g/mol. The van der Waals surface area contributed by atoms with Crippen LogP contribution in [-0.2, 0) is 23.0 Å². The molecule has 4 aromatic rings. The minimum atomic E-state index is -3.64. The molecular weight excluding hydrogens is 432 g/mol. The van der Waals surface area contributed by atoms with Gasteiger partial charge in [-0.2, -0.15) is 4.31 Å². The summed E-state index contributed by atoms with van der Waals surface area (Å²) in [6.45, 7) is 0.584. The van der Waals surface area contributed by atoms with E-state index < -0.39 is 10.0 Å². The van der Waals surface area contributed by atoms with Gasteiger partial charge in [-0.15, -0.1) is 11.3 Å². The molecule has 7 nitrogen and oxygen atoms in total. The van der Waals surface area contributed by atoms with E-state index in [4.69, 9.17) is 0 Å². The highest BCUT2D eigenvalue weighted by Crippen LogP contribution is 2.32. The molecule has 0 radical (unpaired) electrons. The number of sulfonamides is 1. The molecule has 0 unspecified atom stereocenters. The second kappa shape index (κ2) is 7.84. The SMILES string of the molecule is O=C(Nc1nc2c(s1)CN(S(=O)(=O)c1ccc3ccccc3c1)CC2)c1ccccn1. The molecule has 5 rings (SSSR count). The smallest absolute Gasteiger partial charge is 0.276 e. The topological polar surface area (TPSA) is 92.3 Å². The molecule has 0 fully saturated rings. The lowest BCUT2D eigenvalue weighted by atomic mass is 10.1. The van der Waals surface area contributed by atoms with Crippen LogP contribution in [0.25, 0.3) is 10.8 Å². The summed E-state index contributed by atoms with van der Waals surface area (Å²) in [7, 11) is -3.64. The number of carbonyl (C=O) groups excluding carboxylic acids is 1. The van der Waals surface area contributed by atoms with Gasteiger partial charge in [-0.05, 0) is 35.0 Å². The molecule has 156 valence electrons. The fraction of sp³-hybridized carbons (Fsp3) is 0.136. The largest absolute Gasteiger partial charge is 0.296 e. The summed E-state index contributed by atoms with van der Waals surface area (Å²) in [5.74, 6) is -0.340. The van der Waals surface area contributed by atoms with Crippen LogP contribution >= 0.6 is 11.3 Å². The van der Waals surface area contributed by atoms with Crippen molar-refractivity contribution in [3.05, 3.63) is 83.1 Å². The van der Waals surface area contributed by atoms with E-state index in [1.807, 2.05) is 30.3 Å². The first-order chi connectivity index (χ1) is 15.0. The number of amides is 1. The second-order valence-corrected chi connectivity index (χ2v) is 10.2. The lowest BCUT2D eigenvalue weighted by molar-refractivity contribution is 0.102. The first-order valence-corrected chi connectivity index (χ1v) is 12.0. The number of hydrogen-bond donors (Lipinski definition) is 1. The van der Waals surface area contributed by atoms with Crippen molar-refractivity contribution in [2.24, 2.45) is 0 Å². The number of hydrogen-bond acceptors (Lipinski definition) is 6. The van der Waals surface area contributed by atoms with E-state index >= 15 is 0 Å². The molecular formula is C22H18N4O3S2. The molecule has 2 aromatic heterocycles. The van der Waals surface area contributed by atoms with Crippen LogP contribution in [0.3, 0.4) is 0 Å². The monoisotopic (exact) mass is 450 g/mol. The number of nitrogens with zero attached hydrogens (tertiary/aromatic N) is 3. The van der Waals surface area contributed by atoms with Crippen molar-refractivity contribution in [1.29, 1.82) is 0 Å². The fourth-order valence-corrected chi connectivity index (χ4v) is 6.11. The number of benzene rings is 2. The van der Waals surface area contributed by atoms with E-state index in [1.165, 1.54) is 15.6 Å². The maximum atomic E-state index is 13.2. The Morgan fingerprint density at radius 2 is 1.84 bits per heavy atom. The third-order valence-electron chi connectivity index (χ3n) is 5.17. The van der Waals surface area contributed by atoms with E-state index in [0.29, 0.717) is 23.8 Å². The Bertz CT molecular complexity index is 1380. The standard InChI is InChI=1S/C22H18N4O3S2/c27-21(19-7-3-4-11-23-19)25-22-24-18-10-12-26(14-20(18)30-22)31(28,29)17-9-8-15-5-1-2-6-16(15)13-17/h1-9,11,13H,10,12,14H2,(H,24,25,27). The van der Waals surface area contributed by atoms with Gasteiger partial charge >= 0.3 is 0 Å². The van der Waals surface area contributed by atoms with Crippen molar-refractivity contribution >= 4 is 43.2 Å². The van der Waals surface area contributed by atoms with Gasteiger partial charge in [-0.3, -0.25) is 15.1 Å². The molecule has 2 aromatic carbocycles. The lowest BCUT2D eigenvalue weighted by Gasteiger charge is -2.25. The molecule has 1 aliphatic heterocycles. The first-order valence-electron chi connectivity index (χ1n) is 9.71. The van der Waals surface area contributed by atoms with E-state index in [9.17, 15) is 13.2 Å². The Labute approximate surface area is 183 Å². The van der Waals surface area contributed by atoms with Gasteiger partial charge in [-0.1, -0.05) is 36.4 Å². The Hall–Kier alpha value is -3.14. The Morgan fingerprint density at radius 1 is 1.03 bits per heavy atom. The highest BCUT2D eigenvalue weighted by Gasteiger charge is 2.30. The Morgan fingerprint density at radius 3 is 2.65 bits per heavy atom. The number of carbonyl (C=O) groups is 1. The molecule has 31 heavy (non-hydrogen) atoms. The number of anilines is 1. The van der Waals surface area contributed by atoms with E-state index in [2.05, 4.69) is 15.3 Å². The van der Waals surface area contributed by atoms with Crippen LogP contribution in [0.2, 0.25) is 0 Å². The zero-order valence-corrected chi connectivity index (χ0v) is 18.0. The molecule has 0 saturated carbocycles. The highest BCUT2D eigenvalue weighted by molar-refractivity contribution is 7.89. The van der Waals surface area contributed by atoms with Gasteiger partial charge in [0.2, 0.25) is 10.0 Å². The van der Waals surface area contributed by atoms with Gasteiger partial charge in [0.1, 0.15) is 5.69 Å². The minimum Gasteiger partial charge on any atom is -0.296 e. The molecule has 0 atom stereocenters. The van der Waals surface area contributed by atoms with E-state index in [-0.39, 0.29) is 17.3 Å². The van der Waals surface area contributed by atoms with Gasteiger partial charge < -0.3 is 0 Å². The number of pyridine rings is 1. The highest BCUT2D eigenvalue weighted by atomic mass is 32.2. The zero-order chi connectivity index (χ0) is 21.4. The predicted octanol–water partition coefficient (Wildman–Crippen LogP) is 3.69. The summed E-state index contributed by atoms with van der Waals surface area (Å²) >= 11 is 1.30. The zero-order valence-electron chi connectivity index (χ0n) is 16.4. The summed E-state index contributed by atoms with van der Waals surface area (Å²) in [5.41, 5.74) is 1.13. The number of rotatable bonds is 4. The van der Waals surface area contributed by atoms with Gasteiger partial charge in [0.15, 0.2) is 5.13 Å². The molecule has 1 amide bonds. The lowest BCUT2D eigenvalue weighted by Crippen LogP contribution is -2.35. The fourth-order valence-electron chi connectivity index (χ4n) is 3.57. The number of aromatic nitrogens is 2. The third-order valence-corrected chi connectivity index (χ3v) is 8.01. The normalized spacial score (nSPS) is 14.3. The second-order valence-electron chi connectivity index (χ2n) is 7.16. The van der Waals surface area contributed by atoms with Gasteiger partial charge in [0.25, 0.3) is 5.91 Å². The molecule has 9 heteroatoms. The third kappa shape index (κ3) is 3.83. The van der Waals surface area contributed by atoms with Crippen molar-refractivity contribution in [3.63, 3.8) is 0 Å². The first kappa shape index (κ1) is 19.8. The van der Waals surface area contributed by atoms with Crippen LogP contribution < -0.4 is 5.32 Å². The molecule has 1 aliphatic rings. The number of nitrogens with one attached hydrogen (secondary N) is 1. The molecule has 0 aliphatic carbocycles. The Balaban J connectivity index is 1.37. The molecule has 3 heterocycles. The van der Waals surface area contributed by atoms with Crippen LogP contribution in [0.1, 0.15) is 21.1 Å². The molecule has 1 N–H and O–H groups in total. The van der Waals surface area contributed by atoms with Gasteiger partial charge in [0.05, 0.1) is 17.1 Å².